The molecule has 0 radical (unpaired) electrons. The van der Waals surface area contributed by atoms with E-state index in [1.807, 2.05) is 42.7 Å². The Morgan fingerprint density at radius 1 is 0.439 bits per heavy atom. The molecule has 8 rings (SSSR count). The third-order valence-electron chi connectivity index (χ3n) is 7.58. The van der Waals surface area contributed by atoms with Crippen LogP contribution in [0.3, 0.4) is 0 Å². The van der Waals surface area contributed by atoms with Gasteiger partial charge in [-0.3, -0.25) is 14.5 Å². The molecule has 0 unspecified atom stereocenters. The van der Waals surface area contributed by atoms with Crippen molar-refractivity contribution in [2.24, 2.45) is 0 Å². The lowest BCUT2D eigenvalue weighted by atomic mass is 9.99. The molecular weight excluding hydrogens is 502 g/mol. The van der Waals surface area contributed by atoms with Crippen molar-refractivity contribution in [1.82, 2.24) is 24.5 Å². The van der Waals surface area contributed by atoms with E-state index in [9.17, 15) is 0 Å². The Balaban J connectivity index is 1.33. The molecule has 0 N–H and O–H groups in total. The second-order valence-corrected chi connectivity index (χ2v) is 10.1. The number of fused-ring (bicyclic) bond motifs is 4. The lowest BCUT2D eigenvalue weighted by Crippen LogP contribution is -2.00. The van der Waals surface area contributed by atoms with E-state index < -0.39 is 0 Å². The first-order chi connectivity index (χ1) is 20.3. The zero-order chi connectivity index (χ0) is 27.2. The van der Waals surface area contributed by atoms with Gasteiger partial charge in [0.25, 0.3) is 0 Å². The average Bonchev–Trinajstić information content (AvgIpc) is 3.39. The molecule has 0 aliphatic carbocycles. The van der Waals surface area contributed by atoms with Crippen LogP contribution in [0.2, 0.25) is 0 Å². The summed E-state index contributed by atoms with van der Waals surface area (Å²) < 4.78 is 2.20. The molecule has 5 heteroatoms. The maximum absolute atomic E-state index is 5.17. The van der Waals surface area contributed by atoms with Crippen molar-refractivity contribution in [2.75, 3.05) is 0 Å². The van der Waals surface area contributed by atoms with Crippen LogP contribution in [-0.2, 0) is 0 Å². The first kappa shape index (κ1) is 23.2. The van der Waals surface area contributed by atoms with E-state index >= 15 is 0 Å². The molecule has 5 nitrogen and oxygen atoms in total. The molecule has 5 heterocycles. The molecule has 41 heavy (non-hydrogen) atoms. The fraction of sp³-hybridized carbons (Fsp3) is 0. The first-order valence-electron chi connectivity index (χ1n) is 13.5. The second-order valence-electron chi connectivity index (χ2n) is 10.1. The van der Waals surface area contributed by atoms with Gasteiger partial charge in [0.1, 0.15) is 5.82 Å². The fourth-order valence-corrected chi connectivity index (χ4v) is 5.62. The predicted molar refractivity (Wildman–Crippen MR) is 166 cm³/mol. The number of hydrogen-bond donors (Lipinski definition) is 0. The Morgan fingerprint density at radius 3 is 2.15 bits per heavy atom. The molecule has 0 saturated heterocycles. The Morgan fingerprint density at radius 2 is 1.22 bits per heavy atom. The summed E-state index contributed by atoms with van der Waals surface area (Å²) in [5, 5.41) is 4.68. The van der Waals surface area contributed by atoms with Crippen LogP contribution in [0.25, 0.3) is 72.2 Å². The Bertz CT molecular complexity index is 2160. The lowest BCUT2D eigenvalue weighted by Gasteiger charge is -2.12. The SMILES string of the molecule is c1cc(-c2cc(-c3ccc4ccccc4c3)cc(-c3ccncc3)n2)nc(-n2c3ccccc3c3cnccc32)c1. The largest absolute Gasteiger partial charge is 0.294 e. The van der Waals surface area contributed by atoms with Gasteiger partial charge in [-0.15, -0.1) is 0 Å². The normalized spacial score (nSPS) is 11.4. The molecule has 0 fully saturated rings. The van der Waals surface area contributed by atoms with Crippen LogP contribution >= 0.6 is 0 Å². The number of nitrogens with zero attached hydrogens (tertiary/aromatic N) is 5. The van der Waals surface area contributed by atoms with E-state index in [0.717, 1.165) is 61.4 Å². The molecule has 3 aromatic carbocycles. The molecular formula is C36H23N5. The molecule has 8 aromatic rings. The highest BCUT2D eigenvalue weighted by Crippen LogP contribution is 2.33. The number of hydrogen-bond acceptors (Lipinski definition) is 4. The molecule has 192 valence electrons. The molecule has 0 atom stereocenters. The van der Waals surface area contributed by atoms with E-state index in [2.05, 4.69) is 99.5 Å². The van der Waals surface area contributed by atoms with Crippen LogP contribution in [-0.4, -0.2) is 24.5 Å². The fourth-order valence-electron chi connectivity index (χ4n) is 5.62. The Labute approximate surface area is 236 Å². The monoisotopic (exact) mass is 525 g/mol. The standard InChI is InChI=1S/C36H23N5/c1-2-7-26-20-27(13-12-24(26)6-1)28-21-32(25-14-17-37-18-15-25)39-33(22-28)31-9-5-11-36(40-31)41-34-10-4-3-8-29(34)30-23-38-19-16-35(30)41/h1-23H. The van der Waals surface area contributed by atoms with Gasteiger partial charge < -0.3 is 0 Å². The maximum atomic E-state index is 5.17. The Kier molecular flexibility index (Phi) is 5.38. The van der Waals surface area contributed by atoms with Crippen LogP contribution in [0.4, 0.5) is 0 Å². The van der Waals surface area contributed by atoms with Gasteiger partial charge >= 0.3 is 0 Å². The summed E-state index contributed by atoms with van der Waals surface area (Å²) >= 11 is 0. The van der Waals surface area contributed by atoms with Crippen molar-refractivity contribution in [3.8, 4) is 39.6 Å². The van der Waals surface area contributed by atoms with Crippen molar-refractivity contribution in [3.63, 3.8) is 0 Å². The minimum Gasteiger partial charge on any atom is -0.294 e. The van der Waals surface area contributed by atoms with E-state index in [1.165, 1.54) is 10.8 Å². The molecule has 0 aliphatic rings. The van der Waals surface area contributed by atoms with Crippen LogP contribution < -0.4 is 0 Å². The molecule has 0 spiro atoms. The van der Waals surface area contributed by atoms with Gasteiger partial charge in [0, 0.05) is 41.1 Å². The second kappa shape index (κ2) is 9.50. The number of para-hydroxylation sites is 1. The van der Waals surface area contributed by atoms with Gasteiger partial charge in [0.2, 0.25) is 0 Å². The van der Waals surface area contributed by atoms with Crippen molar-refractivity contribution < 1.29 is 0 Å². The molecule has 0 amide bonds. The summed E-state index contributed by atoms with van der Waals surface area (Å²) in [5.41, 5.74) is 7.89. The number of pyridine rings is 4. The number of rotatable bonds is 4. The van der Waals surface area contributed by atoms with Gasteiger partial charge in [-0.1, -0.05) is 60.7 Å². The summed E-state index contributed by atoms with van der Waals surface area (Å²) in [7, 11) is 0. The summed E-state index contributed by atoms with van der Waals surface area (Å²) in [6, 6.07) is 39.8. The smallest absolute Gasteiger partial charge is 0.138 e. The molecule has 0 aliphatic heterocycles. The van der Waals surface area contributed by atoms with Crippen molar-refractivity contribution >= 4 is 32.6 Å². The maximum Gasteiger partial charge on any atom is 0.138 e. The first-order valence-corrected chi connectivity index (χ1v) is 13.5. The van der Waals surface area contributed by atoms with Gasteiger partial charge in [-0.2, -0.15) is 0 Å². The van der Waals surface area contributed by atoms with Gasteiger partial charge in [0.15, 0.2) is 0 Å². The molecule has 0 saturated carbocycles. The highest BCUT2D eigenvalue weighted by atomic mass is 15.1. The number of aromatic nitrogens is 5. The topological polar surface area (TPSA) is 56.5 Å². The minimum absolute atomic E-state index is 0.806. The van der Waals surface area contributed by atoms with Crippen LogP contribution in [0.1, 0.15) is 0 Å². The van der Waals surface area contributed by atoms with Gasteiger partial charge in [-0.25, -0.2) is 9.97 Å². The summed E-state index contributed by atoms with van der Waals surface area (Å²) in [4.78, 5) is 18.9. The quantitative estimate of drug-likeness (QED) is 0.231. The summed E-state index contributed by atoms with van der Waals surface area (Å²) in [5.74, 6) is 0.836. The summed E-state index contributed by atoms with van der Waals surface area (Å²) in [6.07, 6.45) is 7.36. The van der Waals surface area contributed by atoms with Crippen molar-refractivity contribution in [1.29, 1.82) is 0 Å². The average molecular weight is 526 g/mol. The Hall–Kier alpha value is -5.68. The van der Waals surface area contributed by atoms with Crippen molar-refractivity contribution in [3.05, 3.63) is 140 Å². The van der Waals surface area contributed by atoms with E-state index in [-0.39, 0.29) is 0 Å². The lowest BCUT2D eigenvalue weighted by molar-refractivity contribution is 1.08. The third-order valence-corrected chi connectivity index (χ3v) is 7.58. The van der Waals surface area contributed by atoms with E-state index in [4.69, 9.17) is 9.97 Å². The van der Waals surface area contributed by atoms with Crippen LogP contribution in [0.5, 0.6) is 0 Å². The van der Waals surface area contributed by atoms with Crippen LogP contribution in [0.15, 0.2) is 140 Å². The van der Waals surface area contributed by atoms with E-state index in [1.54, 1.807) is 12.4 Å². The zero-order valence-corrected chi connectivity index (χ0v) is 22.0. The summed E-state index contributed by atoms with van der Waals surface area (Å²) in [6.45, 7) is 0. The van der Waals surface area contributed by atoms with E-state index in [0.29, 0.717) is 0 Å². The predicted octanol–water partition coefficient (Wildman–Crippen LogP) is 8.52. The zero-order valence-electron chi connectivity index (χ0n) is 22.0. The molecule has 0 bridgehead atoms. The number of benzene rings is 3. The minimum atomic E-state index is 0.806. The van der Waals surface area contributed by atoms with Crippen molar-refractivity contribution in [2.45, 2.75) is 0 Å². The highest BCUT2D eigenvalue weighted by molar-refractivity contribution is 6.08. The van der Waals surface area contributed by atoms with Crippen LogP contribution in [0, 0.1) is 0 Å². The van der Waals surface area contributed by atoms with Gasteiger partial charge in [0.05, 0.1) is 28.1 Å². The molecule has 5 aromatic heterocycles. The van der Waals surface area contributed by atoms with Gasteiger partial charge in [-0.05, 0) is 76.5 Å². The highest BCUT2D eigenvalue weighted by Gasteiger charge is 2.15. The third kappa shape index (κ3) is 4.03.